The van der Waals surface area contributed by atoms with Gasteiger partial charge in [0.25, 0.3) is 0 Å². The van der Waals surface area contributed by atoms with Crippen LogP contribution in [0.3, 0.4) is 0 Å². The maximum Gasteiger partial charge on any atom is 0.133 e. The second-order valence-corrected chi connectivity index (χ2v) is 5.88. The Morgan fingerprint density at radius 3 is 2.94 bits per heavy atom. The molecule has 0 saturated carbocycles. The van der Waals surface area contributed by atoms with E-state index >= 15 is 0 Å². The van der Waals surface area contributed by atoms with E-state index < -0.39 is 0 Å². The van der Waals surface area contributed by atoms with Crippen molar-refractivity contribution >= 4 is 12.2 Å². The van der Waals surface area contributed by atoms with Gasteiger partial charge in [-0.2, -0.15) is 0 Å². The normalized spacial score (nSPS) is 25.3. The van der Waals surface area contributed by atoms with E-state index in [1.54, 1.807) is 0 Å². The number of aromatic nitrogens is 2. The minimum atomic E-state index is 0.344. The maximum absolute atomic E-state index is 5.44. The van der Waals surface area contributed by atoms with E-state index in [9.17, 15) is 0 Å². The van der Waals surface area contributed by atoms with E-state index in [1.165, 1.54) is 17.7 Å². The fraction of sp³-hybridized carbons (Fsp3) is 0.692. The highest BCUT2D eigenvalue weighted by atomic mass is 32.1. The summed E-state index contributed by atoms with van der Waals surface area (Å²) in [5.74, 6) is 1.05. The summed E-state index contributed by atoms with van der Waals surface area (Å²) >= 11 is 5.44. The molecule has 0 bridgehead atoms. The Bertz CT molecular complexity index is 510. The summed E-state index contributed by atoms with van der Waals surface area (Å²) in [6.45, 7) is 3.23. The van der Waals surface area contributed by atoms with Crippen LogP contribution >= 0.6 is 12.2 Å². The summed E-state index contributed by atoms with van der Waals surface area (Å²) in [5.41, 5.74) is 2.60. The fourth-order valence-corrected chi connectivity index (χ4v) is 3.26. The highest BCUT2D eigenvalue weighted by molar-refractivity contribution is 7.71. The molecule has 3 rings (SSSR count). The number of fused-ring (bicyclic) bond motifs is 1. The summed E-state index contributed by atoms with van der Waals surface area (Å²) < 4.78 is 0.817. The molecule has 1 aromatic heterocycles. The summed E-state index contributed by atoms with van der Waals surface area (Å²) in [6, 6.07) is 0.344. The number of hydrogen-bond acceptors (Lipinski definition) is 4. The first kappa shape index (κ1) is 12.3. The van der Waals surface area contributed by atoms with Crippen LogP contribution in [0.2, 0.25) is 0 Å². The molecule has 1 aromatic rings. The SMILES string of the molecule is CN1CCN(C)C(c2nc(=S)c3c([nH]2)CCC3)C1. The van der Waals surface area contributed by atoms with Crippen LogP contribution < -0.4 is 0 Å². The Morgan fingerprint density at radius 1 is 1.28 bits per heavy atom. The molecule has 1 aliphatic carbocycles. The molecule has 1 unspecified atom stereocenters. The van der Waals surface area contributed by atoms with Gasteiger partial charge in [0.05, 0.1) is 6.04 Å². The van der Waals surface area contributed by atoms with Gasteiger partial charge in [0.1, 0.15) is 10.5 Å². The second kappa shape index (κ2) is 4.72. The summed E-state index contributed by atoms with van der Waals surface area (Å²) in [5, 5.41) is 0. The van der Waals surface area contributed by atoms with Crippen LogP contribution in [0.25, 0.3) is 0 Å². The molecule has 4 nitrogen and oxygen atoms in total. The van der Waals surface area contributed by atoms with Crippen molar-refractivity contribution in [3.8, 4) is 0 Å². The van der Waals surface area contributed by atoms with E-state index in [-0.39, 0.29) is 0 Å². The Balaban J connectivity index is 1.96. The minimum Gasteiger partial charge on any atom is -0.345 e. The summed E-state index contributed by atoms with van der Waals surface area (Å²) in [7, 11) is 4.34. The van der Waals surface area contributed by atoms with Crippen LogP contribution in [0.5, 0.6) is 0 Å². The number of aromatic amines is 1. The maximum atomic E-state index is 5.44. The number of hydrogen-bond donors (Lipinski definition) is 1. The van der Waals surface area contributed by atoms with Crippen LogP contribution in [0, 0.1) is 4.64 Å². The van der Waals surface area contributed by atoms with Crippen LogP contribution in [0.4, 0.5) is 0 Å². The average molecular weight is 264 g/mol. The second-order valence-electron chi connectivity index (χ2n) is 5.50. The Morgan fingerprint density at radius 2 is 2.11 bits per heavy atom. The predicted molar refractivity (Wildman–Crippen MR) is 74.3 cm³/mol. The third-order valence-electron chi connectivity index (χ3n) is 4.14. The number of aryl methyl sites for hydroxylation is 1. The van der Waals surface area contributed by atoms with E-state index in [2.05, 4.69) is 33.9 Å². The van der Waals surface area contributed by atoms with Gasteiger partial charge in [0.15, 0.2) is 0 Å². The largest absolute Gasteiger partial charge is 0.345 e. The van der Waals surface area contributed by atoms with Gasteiger partial charge in [-0.25, -0.2) is 4.98 Å². The highest BCUT2D eigenvalue weighted by Gasteiger charge is 2.27. The number of nitrogens with one attached hydrogen (secondary N) is 1. The van der Waals surface area contributed by atoms with Crippen LogP contribution in [-0.4, -0.2) is 53.5 Å². The first-order valence-electron chi connectivity index (χ1n) is 6.66. The lowest BCUT2D eigenvalue weighted by Gasteiger charge is -2.37. The van der Waals surface area contributed by atoms with E-state index in [4.69, 9.17) is 12.2 Å². The molecule has 1 aliphatic heterocycles. The quantitative estimate of drug-likeness (QED) is 0.781. The van der Waals surface area contributed by atoms with E-state index in [0.717, 1.165) is 42.9 Å². The van der Waals surface area contributed by atoms with Gasteiger partial charge in [0.2, 0.25) is 0 Å². The van der Waals surface area contributed by atoms with Gasteiger partial charge in [-0.15, -0.1) is 0 Å². The van der Waals surface area contributed by atoms with Gasteiger partial charge < -0.3 is 9.88 Å². The first-order chi connectivity index (χ1) is 8.65. The smallest absolute Gasteiger partial charge is 0.133 e. The van der Waals surface area contributed by atoms with Gasteiger partial charge >= 0.3 is 0 Å². The molecule has 2 aliphatic rings. The molecule has 0 radical (unpaired) electrons. The van der Waals surface area contributed by atoms with Crippen molar-refractivity contribution in [2.24, 2.45) is 0 Å². The molecule has 2 heterocycles. The van der Waals surface area contributed by atoms with Gasteiger partial charge in [-0.05, 0) is 33.4 Å². The zero-order valence-electron chi connectivity index (χ0n) is 11.1. The molecular formula is C13H20N4S. The van der Waals surface area contributed by atoms with Gasteiger partial charge in [-0.3, -0.25) is 4.90 Å². The highest BCUT2D eigenvalue weighted by Crippen LogP contribution is 2.25. The first-order valence-corrected chi connectivity index (χ1v) is 7.06. The molecule has 18 heavy (non-hydrogen) atoms. The Kier molecular flexibility index (Phi) is 3.21. The van der Waals surface area contributed by atoms with Crippen molar-refractivity contribution in [3.63, 3.8) is 0 Å². The standard InChI is InChI=1S/C13H20N4S/c1-16-6-7-17(2)11(8-16)12-14-10-5-3-4-9(10)13(18)15-12/h11H,3-8H2,1-2H3,(H,14,15,18). The number of nitrogens with zero attached hydrogens (tertiary/aromatic N) is 3. The zero-order chi connectivity index (χ0) is 12.7. The number of rotatable bonds is 1. The molecule has 0 aromatic carbocycles. The molecule has 0 spiro atoms. The third-order valence-corrected chi connectivity index (χ3v) is 4.48. The Labute approximate surface area is 113 Å². The van der Waals surface area contributed by atoms with Crippen LogP contribution in [-0.2, 0) is 12.8 Å². The lowest BCUT2D eigenvalue weighted by Crippen LogP contribution is -2.45. The van der Waals surface area contributed by atoms with Crippen LogP contribution in [0.1, 0.15) is 29.5 Å². The lowest BCUT2D eigenvalue weighted by molar-refractivity contribution is 0.109. The molecule has 1 fully saturated rings. The summed E-state index contributed by atoms with van der Waals surface area (Å²) in [6.07, 6.45) is 3.43. The molecule has 1 atom stereocenters. The topological polar surface area (TPSA) is 35.2 Å². The number of likely N-dealkylation sites (N-methyl/N-ethyl adjacent to an activating group) is 2. The van der Waals surface area contributed by atoms with Crippen molar-refractivity contribution in [3.05, 3.63) is 21.7 Å². The predicted octanol–water partition coefficient (Wildman–Crippen LogP) is 1.55. The number of piperazine rings is 1. The van der Waals surface area contributed by atoms with Gasteiger partial charge in [0, 0.05) is 30.9 Å². The zero-order valence-corrected chi connectivity index (χ0v) is 11.9. The van der Waals surface area contributed by atoms with Crippen molar-refractivity contribution in [1.82, 2.24) is 19.8 Å². The lowest BCUT2D eigenvalue weighted by atomic mass is 10.1. The molecule has 98 valence electrons. The van der Waals surface area contributed by atoms with Crippen molar-refractivity contribution < 1.29 is 0 Å². The molecule has 1 saturated heterocycles. The number of H-pyrrole nitrogens is 1. The average Bonchev–Trinajstić information content (AvgIpc) is 2.81. The third kappa shape index (κ3) is 2.11. The van der Waals surface area contributed by atoms with E-state index in [1.807, 2.05) is 0 Å². The summed E-state index contributed by atoms with van der Waals surface area (Å²) in [4.78, 5) is 12.9. The monoisotopic (exact) mass is 264 g/mol. The van der Waals surface area contributed by atoms with Gasteiger partial charge in [-0.1, -0.05) is 12.2 Å². The molecular weight excluding hydrogens is 244 g/mol. The Hall–Kier alpha value is -0.780. The molecule has 0 amide bonds. The fourth-order valence-electron chi connectivity index (χ4n) is 2.94. The van der Waals surface area contributed by atoms with Crippen molar-refractivity contribution in [2.45, 2.75) is 25.3 Å². The van der Waals surface area contributed by atoms with Crippen molar-refractivity contribution in [2.75, 3.05) is 33.7 Å². The molecule has 5 heteroatoms. The minimum absolute atomic E-state index is 0.344. The van der Waals surface area contributed by atoms with E-state index in [0.29, 0.717) is 6.04 Å². The van der Waals surface area contributed by atoms with Crippen molar-refractivity contribution in [1.29, 1.82) is 0 Å². The van der Waals surface area contributed by atoms with Crippen LogP contribution in [0.15, 0.2) is 0 Å². The molecule has 1 N–H and O–H groups in total.